The monoisotopic (exact) mass is 357 g/mol. The van der Waals surface area contributed by atoms with E-state index < -0.39 is 24.1 Å². The molecule has 0 aromatic carbocycles. The maximum atomic E-state index is 13.2. The van der Waals surface area contributed by atoms with E-state index >= 15 is 0 Å². The number of aromatic carboxylic acids is 1. The Morgan fingerprint density at radius 2 is 2.00 bits per heavy atom. The van der Waals surface area contributed by atoms with Crippen LogP contribution in [0.3, 0.4) is 0 Å². The fraction of sp³-hybridized carbons (Fsp3) is 0.429. The number of alkyl halides is 3. The van der Waals surface area contributed by atoms with Crippen LogP contribution in [-0.4, -0.2) is 49.3 Å². The van der Waals surface area contributed by atoms with E-state index in [1.165, 1.54) is 30.9 Å². The zero-order chi connectivity index (χ0) is 18.5. The van der Waals surface area contributed by atoms with Gasteiger partial charge in [-0.15, -0.1) is 0 Å². The number of aromatic nitrogens is 4. The van der Waals surface area contributed by atoms with Crippen LogP contribution in [0.1, 0.15) is 39.0 Å². The number of rotatable bonds is 2. The van der Waals surface area contributed by atoms with Crippen molar-refractivity contribution in [3.8, 4) is 0 Å². The van der Waals surface area contributed by atoms with Crippen molar-refractivity contribution in [1.82, 2.24) is 19.6 Å². The predicted octanol–water partition coefficient (Wildman–Crippen LogP) is 1.78. The summed E-state index contributed by atoms with van der Waals surface area (Å²) in [6.45, 7) is 1.30. The van der Waals surface area contributed by atoms with Gasteiger partial charge in [-0.1, -0.05) is 0 Å². The third-order valence-corrected chi connectivity index (χ3v) is 3.92. The quantitative estimate of drug-likeness (QED) is 0.884. The first-order valence-electron chi connectivity index (χ1n) is 7.31. The van der Waals surface area contributed by atoms with E-state index in [1.54, 1.807) is 0 Å². The fourth-order valence-electron chi connectivity index (χ4n) is 2.86. The highest BCUT2D eigenvalue weighted by Crippen LogP contribution is 2.39. The minimum Gasteiger partial charge on any atom is -0.478 e. The van der Waals surface area contributed by atoms with E-state index in [0.717, 1.165) is 9.58 Å². The Bertz CT molecular complexity index is 855. The van der Waals surface area contributed by atoms with Gasteiger partial charge in [0.25, 0.3) is 5.91 Å². The number of fused-ring (bicyclic) bond motifs is 1. The molecule has 0 saturated carbocycles. The van der Waals surface area contributed by atoms with Gasteiger partial charge in [-0.2, -0.15) is 23.4 Å². The van der Waals surface area contributed by atoms with Gasteiger partial charge in [-0.05, 0) is 13.3 Å². The van der Waals surface area contributed by atoms with E-state index in [9.17, 15) is 27.9 Å². The molecule has 2 aromatic heterocycles. The summed E-state index contributed by atoms with van der Waals surface area (Å²) in [5, 5.41) is 16.9. The Balaban J connectivity index is 2.04. The lowest BCUT2D eigenvalue weighted by molar-refractivity contribution is -0.172. The molecule has 0 bridgehead atoms. The largest absolute Gasteiger partial charge is 0.478 e. The van der Waals surface area contributed by atoms with E-state index in [4.69, 9.17) is 0 Å². The molecule has 0 fully saturated rings. The van der Waals surface area contributed by atoms with Crippen LogP contribution in [0.25, 0.3) is 0 Å². The molecule has 134 valence electrons. The first-order valence-corrected chi connectivity index (χ1v) is 7.31. The second kappa shape index (κ2) is 5.60. The lowest BCUT2D eigenvalue weighted by atomic mass is 10.1. The van der Waals surface area contributed by atoms with Crippen LogP contribution in [0, 0.1) is 6.92 Å². The van der Waals surface area contributed by atoms with E-state index in [2.05, 4.69) is 10.2 Å². The molecule has 2 aromatic rings. The molecule has 0 saturated heterocycles. The number of carboxylic acids is 1. The van der Waals surface area contributed by atoms with E-state index in [0.29, 0.717) is 5.69 Å². The summed E-state index contributed by atoms with van der Waals surface area (Å²) < 4.78 is 41.5. The molecule has 1 amide bonds. The van der Waals surface area contributed by atoms with Crippen LogP contribution in [0.15, 0.2) is 12.3 Å². The highest BCUT2D eigenvalue weighted by molar-refractivity contribution is 6.10. The van der Waals surface area contributed by atoms with Crippen LogP contribution in [0.4, 0.5) is 19.0 Å². The first-order chi connectivity index (χ1) is 11.6. The fourth-order valence-corrected chi connectivity index (χ4v) is 2.86. The van der Waals surface area contributed by atoms with Gasteiger partial charge < -0.3 is 5.11 Å². The Morgan fingerprint density at radius 1 is 1.32 bits per heavy atom. The summed E-state index contributed by atoms with van der Waals surface area (Å²) in [6, 6.07) is -0.470. The zero-order valence-electron chi connectivity index (χ0n) is 13.3. The molecule has 1 aliphatic rings. The van der Waals surface area contributed by atoms with Crippen molar-refractivity contribution >= 4 is 17.7 Å². The molecular formula is C14H14F3N5O3. The Morgan fingerprint density at radius 3 is 2.60 bits per heavy atom. The average molecular weight is 357 g/mol. The first kappa shape index (κ1) is 17.0. The van der Waals surface area contributed by atoms with Crippen LogP contribution in [0.5, 0.6) is 0 Å². The van der Waals surface area contributed by atoms with Gasteiger partial charge in [0.05, 0.1) is 5.69 Å². The maximum Gasteiger partial charge on any atom is 0.410 e. The summed E-state index contributed by atoms with van der Waals surface area (Å²) in [6.07, 6.45) is -3.71. The third-order valence-electron chi connectivity index (χ3n) is 3.92. The molecule has 25 heavy (non-hydrogen) atoms. The normalized spacial score (nSPS) is 17.5. The van der Waals surface area contributed by atoms with Gasteiger partial charge in [0.1, 0.15) is 11.4 Å². The minimum atomic E-state index is -4.50. The molecule has 3 rings (SSSR count). The lowest BCUT2D eigenvalue weighted by Gasteiger charge is -2.33. The lowest BCUT2D eigenvalue weighted by Crippen LogP contribution is -2.43. The summed E-state index contributed by atoms with van der Waals surface area (Å²) in [4.78, 5) is 25.1. The standard InChI is InChI=1S/C14H14F3N5O3/c1-7-5-10-21(4-3-9(14(15,16)17)22(10)18-7)12(23)11-8(13(24)25)6-20(2)19-11/h5-6,9H,3-4H2,1-2H3,(H,24,25). The van der Waals surface area contributed by atoms with Gasteiger partial charge in [0.2, 0.25) is 0 Å². The van der Waals surface area contributed by atoms with E-state index in [-0.39, 0.29) is 30.0 Å². The Labute approximate surface area is 139 Å². The van der Waals surface area contributed by atoms with Gasteiger partial charge in [-0.3, -0.25) is 14.4 Å². The number of halogens is 3. The van der Waals surface area contributed by atoms with E-state index in [1.807, 2.05) is 0 Å². The molecule has 11 heteroatoms. The number of amides is 1. The second-order valence-electron chi connectivity index (χ2n) is 5.76. The smallest absolute Gasteiger partial charge is 0.410 e. The topological polar surface area (TPSA) is 93.3 Å². The van der Waals surface area contributed by atoms with Crippen LogP contribution >= 0.6 is 0 Å². The van der Waals surface area contributed by atoms with Crippen LogP contribution in [-0.2, 0) is 7.05 Å². The van der Waals surface area contributed by atoms with Crippen molar-refractivity contribution in [2.45, 2.75) is 25.6 Å². The molecule has 1 N–H and O–H groups in total. The van der Waals surface area contributed by atoms with Crippen molar-refractivity contribution in [1.29, 1.82) is 0 Å². The van der Waals surface area contributed by atoms with Crippen LogP contribution < -0.4 is 4.90 Å². The van der Waals surface area contributed by atoms with Crippen molar-refractivity contribution in [3.63, 3.8) is 0 Å². The van der Waals surface area contributed by atoms with Crippen molar-refractivity contribution in [2.75, 3.05) is 11.4 Å². The molecule has 1 atom stereocenters. The molecule has 0 radical (unpaired) electrons. The Hall–Kier alpha value is -2.85. The number of carboxylic acid groups (broad SMARTS) is 1. The van der Waals surface area contributed by atoms with Gasteiger partial charge >= 0.3 is 12.1 Å². The van der Waals surface area contributed by atoms with Gasteiger partial charge in [0.15, 0.2) is 11.7 Å². The second-order valence-corrected chi connectivity index (χ2v) is 5.76. The van der Waals surface area contributed by atoms with Gasteiger partial charge in [-0.25, -0.2) is 9.48 Å². The summed E-state index contributed by atoms with van der Waals surface area (Å²) in [5.74, 6) is -2.15. The SMILES string of the molecule is Cc1cc2n(n1)C(C(F)(F)F)CCN2C(=O)c1nn(C)cc1C(=O)O. The number of aryl methyl sites for hydroxylation is 2. The van der Waals surface area contributed by atoms with Gasteiger partial charge in [0, 0.05) is 25.9 Å². The highest BCUT2D eigenvalue weighted by Gasteiger charge is 2.46. The zero-order valence-corrected chi connectivity index (χ0v) is 13.3. The van der Waals surface area contributed by atoms with Crippen molar-refractivity contribution in [3.05, 3.63) is 29.2 Å². The maximum absolute atomic E-state index is 13.2. The predicted molar refractivity (Wildman–Crippen MR) is 78.5 cm³/mol. The molecular weight excluding hydrogens is 343 g/mol. The Kier molecular flexibility index (Phi) is 3.81. The summed E-state index contributed by atoms with van der Waals surface area (Å²) in [5.41, 5.74) is -0.317. The molecule has 1 unspecified atom stereocenters. The summed E-state index contributed by atoms with van der Waals surface area (Å²) >= 11 is 0. The van der Waals surface area contributed by atoms with Crippen molar-refractivity contribution in [2.24, 2.45) is 7.05 Å². The molecule has 8 nitrogen and oxygen atoms in total. The average Bonchev–Trinajstić information content (AvgIpc) is 3.06. The number of carbonyl (C=O) groups excluding carboxylic acids is 1. The molecule has 3 heterocycles. The molecule has 0 spiro atoms. The highest BCUT2D eigenvalue weighted by atomic mass is 19.4. The number of anilines is 1. The molecule has 1 aliphatic heterocycles. The minimum absolute atomic E-state index is 0.0296. The summed E-state index contributed by atoms with van der Waals surface area (Å²) in [7, 11) is 1.45. The number of nitrogens with zero attached hydrogens (tertiary/aromatic N) is 5. The number of hydrogen-bond donors (Lipinski definition) is 1. The number of hydrogen-bond acceptors (Lipinski definition) is 4. The van der Waals surface area contributed by atoms with Crippen LogP contribution in [0.2, 0.25) is 0 Å². The number of carbonyl (C=O) groups is 2. The van der Waals surface area contributed by atoms with Crippen molar-refractivity contribution < 1.29 is 27.9 Å². The third kappa shape index (κ3) is 2.85. The molecule has 0 aliphatic carbocycles.